The Morgan fingerprint density at radius 2 is 1.26 bits per heavy atom. The standard InChI is InChI=1S/C34H60NO10P/c1-3-5-7-9-11-13-14-15-16-18-19-21-23-25-32(37)35-31(34(39)40)29-45-46(41,42)44-28-30(36)27-43-33(38)26-24-22-20-17-12-10-8-6-4-2/h5,7,11,13,15-16,30-31,36H,3-4,6,8-10,12,14,17-29H2,1-2H3,(H,35,37)(H,39,40)(H,41,42)/b7-5-,13-11-,16-15-. The largest absolute Gasteiger partial charge is 0.480 e. The van der Waals surface area contributed by atoms with Crippen LogP contribution < -0.4 is 5.32 Å². The zero-order chi connectivity index (χ0) is 34.3. The number of rotatable bonds is 31. The van der Waals surface area contributed by atoms with E-state index in [9.17, 15) is 34.1 Å². The number of aliphatic hydroxyl groups excluding tert-OH is 1. The van der Waals surface area contributed by atoms with Crippen LogP contribution in [0.5, 0.6) is 0 Å². The van der Waals surface area contributed by atoms with Gasteiger partial charge in [0.05, 0.1) is 13.2 Å². The van der Waals surface area contributed by atoms with E-state index in [1.165, 1.54) is 32.1 Å². The van der Waals surface area contributed by atoms with Crippen LogP contribution in [-0.2, 0) is 32.7 Å². The van der Waals surface area contributed by atoms with Gasteiger partial charge in [0.25, 0.3) is 0 Å². The number of carboxylic acids is 1. The second kappa shape index (κ2) is 30.1. The number of hydrogen-bond acceptors (Lipinski definition) is 8. The maximum absolute atomic E-state index is 12.2. The third-order valence-corrected chi connectivity index (χ3v) is 7.89. The highest BCUT2D eigenvalue weighted by Crippen LogP contribution is 2.43. The zero-order valence-corrected chi connectivity index (χ0v) is 29.0. The SMILES string of the molecule is CC/C=C\C/C=C\C/C=C\CCCCCC(=O)NC(COP(=O)(O)OCC(O)COC(=O)CCCCCCCCCCC)C(=O)O. The van der Waals surface area contributed by atoms with Crippen LogP contribution in [0.1, 0.15) is 129 Å². The van der Waals surface area contributed by atoms with E-state index < -0.39 is 57.6 Å². The third kappa shape index (κ3) is 29.1. The molecule has 0 aliphatic rings. The summed E-state index contributed by atoms with van der Waals surface area (Å²) in [6.07, 6.45) is 27.7. The van der Waals surface area contributed by atoms with Gasteiger partial charge in [-0.25, -0.2) is 9.36 Å². The van der Waals surface area contributed by atoms with Gasteiger partial charge in [-0.1, -0.05) is 108 Å². The summed E-state index contributed by atoms with van der Waals surface area (Å²) in [5.74, 6) is -2.42. The molecule has 0 aliphatic heterocycles. The maximum atomic E-state index is 12.2. The Hall–Kier alpha value is -2.30. The lowest BCUT2D eigenvalue weighted by Gasteiger charge is -2.18. The van der Waals surface area contributed by atoms with Crippen LogP contribution in [0.25, 0.3) is 0 Å². The predicted molar refractivity (Wildman–Crippen MR) is 180 cm³/mol. The smallest absolute Gasteiger partial charge is 0.472 e. The molecule has 266 valence electrons. The summed E-state index contributed by atoms with van der Waals surface area (Å²) in [6, 6.07) is -1.56. The fourth-order valence-corrected chi connectivity index (χ4v) is 5.04. The van der Waals surface area contributed by atoms with Crippen LogP contribution in [0.3, 0.4) is 0 Å². The van der Waals surface area contributed by atoms with Crippen molar-refractivity contribution in [1.82, 2.24) is 5.32 Å². The van der Waals surface area contributed by atoms with Crippen molar-refractivity contribution in [3.05, 3.63) is 36.5 Å². The van der Waals surface area contributed by atoms with Crippen LogP contribution in [0.15, 0.2) is 36.5 Å². The molecule has 1 amide bonds. The minimum Gasteiger partial charge on any atom is -0.480 e. The Bertz CT molecular complexity index is 937. The normalized spacial score (nSPS) is 14.5. The summed E-state index contributed by atoms with van der Waals surface area (Å²) in [4.78, 5) is 45.4. The number of allylic oxidation sites excluding steroid dienone is 6. The molecule has 3 atom stereocenters. The monoisotopic (exact) mass is 673 g/mol. The van der Waals surface area contributed by atoms with E-state index in [1.807, 2.05) is 0 Å². The minimum atomic E-state index is -4.75. The van der Waals surface area contributed by atoms with Crippen molar-refractivity contribution in [2.45, 2.75) is 142 Å². The lowest BCUT2D eigenvalue weighted by molar-refractivity contribution is -0.147. The van der Waals surface area contributed by atoms with Gasteiger partial charge in [0.15, 0.2) is 6.04 Å². The van der Waals surface area contributed by atoms with Crippen molar-refractivity contribution in [1.29, 1.82) is 0 Å². The summed E-state index contributed by atoms with van der Waals surface area (Å²) in [5, 5.41) is 21.6. The van der Waals surface area contributed by atoms with Gasteiger partial charge < -0.3 is 25.2 Å². The second-order valence-electron chi connectivity index (χ2n) is 11.3. The number of unbranched alkanes of at least 4 members (excludes halogenated alkanes) is 11. The molecule has 0 radical (unpaired) electrons. The van der Waals surface area contributed by atoms with Gasteiger partial charge in [-0.2, -0.15) is 0 Å². The summed E-state index contributed by atoms with van der Waals surface area (Å²) >= 11 is 0. The van der Waals surface area contributed by atoms with Crippen LogP contribution in [0.2, 0.25) is 0 Å². The van der Waals surface area contributed by atoms with Gasteiger partial charge in [-0.15, -0.1) is 0 Å². The van der Waals surface area contributed by atoms with Crippen molar-refractivity contribution in [3.63, 3.8) is 0 Å². The molecule has 0 spiro atoms. The van der Waals surface area contributed by atoms with Gasteiger partial charge in [0.1, 0.15) is 12.7 Å². The number of carbonyl (C=O) groups excluding carboxylic acids is 2. The Morgan fingerprint density at radius 1 is 0.717 bits per heavy atom. The van der Waals surface area contributed by atoms with Crippen molar-refractivity contribution >= 4 is 25.7 Å². The quantitative estimate of drug-likeness (QED) is 0.0253. The summed E-state index contributed by atoms with van der Waals surface area (Å²) in [7, 11) is -4.75. The van der Waals surface area contributed by atoms with E-state index in [4.69, 9.17) is 13.8 Å². The average Bonchev–Trinajstić information content (AvgIpc) is 3.02. The number of phosphoric ester groups is 1. The van der Waals surface area contributed by atoms with Crippen LogP contribution >= 0.6 is 7.82 Å². The first-order valence-electron chi connectivity index (χ1n) is 17.0. The molecule has 3 unspecified atom stereocenters. The Balaban J connectivity index is 4.09. The second-order valence-corrected chi connectivity index (χ2v) is 12.8. The van der Waals surface area contributed by atoms with Crippen molar-refractivity contribution in [3.8, 4) is 0 Å². The number of amides is 1. The number of aliphatic hydroxyl groups is 1. The van der Waals surface area contributed by atoms with Crippen LogP contribution in [-0.4, -0.2) is 64.9 Å². The molecule has 0 rings (SSSR count). The van der Waals surface area contributed by atoms with E-state index in [2.05, 4.69) is 55.6 Å². The average molecular weight is 674 g/mol. The van der Waals surface area contributed by atoms with Crippen LogP contribution in [0, 0.1) is 0 Å². The van der Waals surface area contributed by atoms with Crippen LogP contribution in [0.4, 0.5) is 0 Å². The number of nitrogens with one attached hydrogen (secondary N) is 1. The summed E-state index contributed by atoms with van der Waals surface area (Å²) in [6.45, 7) is 2.38. The molecule has 0 saturated heterocycles. The molecule has 0 heterocycles. The van der Waals surface area contributed by atoms with E-state index in [-0.39, 0.29) is 12.8 Å². The van der Waals surface area contributed by atoms with Gasteiger partial charge in [0, 0.05) is 12.8 Å². The molecule has 0 aromatic carbocycles. The lowest BCUT2D eigenvalue weighted by atomic mass is 10.1. The molecule has 0 aromatic heterocycles. The molecular formula is C34H60NO10P. The molecule has 12 heteroatoms. The number of aliphatic carboxylic acids is 1. The molecule has 0 aromatic rings. The van der Waals surface area contributed by atoms with E-state index in [0.717, 1.165) is 57.8 Å². The lowest BCUT2D eigenvalue weighted by Crippen LogP contribution is -2.43. The van der Waals surface area contributed by atoms with Gasteiger partial charge >= 0.3 is 19.8 Å². The number of carbonyl (C=O) groups is 3. The van der Waals surface area contributed by atoms with Crippen molar-refractivity contribution in [2.75, 3.05) is 19.8 Å². The first kappa shape index (κ1) is 43.7. The summed E-state index contributed by atoms with van der Waals surface area (Å²) < 4.78 is 26.6. The molecule has 0 fully saturated rings. The first-order valence-corrected chi connectivity index (χ1v) is 18.5. The zero-order valence-electron chi connectivity index (χ0n) is 28.1. The molecule has 46 heavy (non-hydrogen) atoms. The summed E-state index contributed by atoms with van der Waals surface area (Å²) in [5.41, 5.74) is 0. The van der Waals surface area contributed by atoms with E-state index >= 15 is 0 Å². The van der Waals surface area contributed by atoms with E-state index in [0.29, 0.717) is 12.8 Å². The Kier molecular flexibility index (Phi) is 28.6. The van der Waals surface area contributed by atoms with Gasteiger partial charge in [0.2, 0.25) is 5.91 Å². The van der Waals surface area contributed by atoms with Gasteiger partial charge in [-0.3, -0.25) is 18.6 Å². The third-order valence-electron chi connectivity index (χ3n) is 6.94. The predicted octanol–water partition coefficient (Wildman–Crippen LogP) is 7.32. The highest BCUT2D eigenvalue weighted by molar-refractivity contribution is 7.47. The van der Waals surface area contributed by atoms with Crippen molar-refractivity contribution in [2.24, 2.45) is 0 Å². The molecule has 0 aliphatic carbocycles. The van der Waals surface area contributed by atoms with E-state index in [1.54, 1.807) is 0 Å². The number of esters is 1. The number of phosphoric acid groups is 1. The highest BCUT2D eigenvalue weighted by Gasteiger charge is 2.28. The molecule has 0 saturated carbocycles. The Labute approximate surface area is 276 Å². The Morgan fingerprint density at radius 3 is 1.89 bits per heavy atom. The van der Waals surface area contributed by atoms with Gasteiger partial charge in [-0.05, 0) is 44.9 Å². The topological polar surface area (TPSA) is 169 Å². The fraction of sp³-hybridized carbons (Fsp3) is 0.735. The molecular weight excluding hydrogens is 613 g/mol. The van der Waals surface area contributed by atoms with Crippen molar-refractivity contribution < 1.29 is 47.8 Å². The molecule has 11 nitrogen and oxygen atoms in total. The first-order chi connectivity index (χ1) is 22.1. The molecule has 0 bridgehead atoms. The number of ether oxygens (including phenoxy) is 1. The highest BCUT2D eigenvalue weighted by atomic mass is 31.2. The maximum Gasteiger partial charge on any atom is 0.472 e. The number of hydrogen-bond donors (Lipinski definition) is 4. The fourth-order valence-electron chi connectivity index (χ4n) is 4.27. The number of carboxylic acid groups (broad SMARTS) is 1. The minimum absolute atomic E-state index is 0.110. The molecule has 4 N–H and O–H groups in total.